The van der Waals surface area contributed by atoms with E-state index in [2.05, 4.69) is 5.10 Å². The first kappa shape index (κ1) is 10.2. The molecule has 0 bridgehead atoms. The van der Waals surface area contributed by atoms with E-state index >= 15 is 0 Å². The fraction of sp³-hybridized carbons (Fsp3) is 0.600. The predicted molar refractivity (Wildman–Crippen MR) is 56.4 cm³/mol. The number of nitrogens with zero attached hydrogens (tertiary/aromatic N) is 3. The van der Waals surface area contributed by atoms with Crippen LogP contribution in [0.15, 0.2) is 6.20 Å². The maximum Gasteiger partial charge on any atom is 0.257 e. The second-order valence-corrected chi connectivity index (χ2v) is 4.07. The Balaban J connectivity index is 2.18. The van der Waals surface area contributed by atoms with Crippen molar-refractivity contribution in [1.29, 1.82) is 0 Å². The summed E-state index contributed by atoms with van der Waals surface area (Å²) in [6, 6.07) is 0.130. The largest absolute Gasteiger partial charge is 0.337 e. The molecule has 82 valence electrons. The van der Waals surface area contributed by atoms with Gasteiger partial charge >= 0.3 is 0 Å². The SMILES string of the molecule is Cc1c(C(=O)N2CCC(N)C2)cnn1C. The van der Waals surface area contributed by atoms with Gasteiger partial charge in [0, 0.05) is 31.9 Å². The van der Waals surface area contributed by atoms with Gasteiger partial charge in [0.05, 0.1) is 11.8 Å². The number of carbonyl (C=O) groups excluding carboxylic acids is 1. The Bertz CT molecular complexity index is 385. The van der Waals surface area contributed by atoms with Gasteiger partial charge in [-0.1, -0.05) is 0 Å². The van der Waals surface area contributed by atoms with E-state index in [0.29, 0.717) is 12.1 Å². The summed E-state index contributed by atoms with van der Waals surface area (Å²) in [7, 11) is 1.84. The van der Waals surface area contributed by atoms with Crippen LogP contribution in [0.3, 0.4) is 0 Å². The molecule has 0 spiro atoms. The number of rotatable bonds is 1. The highest BCUT2D eigenvalue weighted by Crippen LogP contribution is 2.14. The molecule has 1 unspecified atom stereocenters. The summed E-state index contributed by atoms with van der Waals surface area (Å²) in [6.07, 6.45) is 2.52. The predicted octanol–water partition coefficient (Wildman–Crippen LogP) is -0.0983. The first-order valence-corrected chi connectivity index (χ1v) is 5.13. The molecule has 0 radical (unpaired) electrons. The van der Waals surface area contributed by atoms with Gasteiger partial charge in [0.15, 0.2) is 0 Å². The van der Waals surface area contributed by atoms with Gasteiger partial charge in [-0.15, -0.1) is 0 Å². The van der Waals surface area contributed by atoms with Crippen LogP contribution in [0, 0.1) is 6.92 Å². The summed E-state index contributed by atoms with van der Waals surface area (Å²) in [5.41, 5.74) is 7.36. The Morgan fingerprint density at radius 3 is 2.87 bits per heavy atom. The van der Waals surface area contributed by atoms with Crippen LogP contribution < -0.4 is 5.73 Å². The van der Waals surface area contributed by atoms with Gasteiger partial charge < -0.3 is 10.6 Å². The van der Waals surface area contributed by atoms with Crippen LogP contribution in [-0.2, 0) is 7.05 Å². The molecule has 0 aromatic carbocycles. The highest BCUT2D eigenvalue weighted by atomic mass is 16.2. The van der Waals surface area contributed by atoms with E-state index in [1.54, 1.807) is 15.8 Å². The third-order valence-electron chi connectivity index (χ3n) is 2.98. The molecule has 1 amide bonds. The fourth-order valence-electron chi connectivity index (χ4n) is 1.85. The van der Waals surface area contributed by atoms with Crippen LogP contribution in [0.25, 0.3) is 0 Å². The van der Waals surface area contributed by atoms with Crippen molar-refractivity contribution in [1.82, 2.24) is 14.7 Å². The second-order valence-electron chi connectivity index (χ2n) is 4.07. The van der Waals surface area contributed by atoms with E-state index in [0.717, 1.165) is 18.7 Å². The Hall–Kier alpha value is -1.36. The number of hydrogen-bond acceptors (Lipinski definition) is 3. The van der Waals surface area contributed by atoms with Crippen LogP contribution in [0.2, 0.25) is 0 Å². The molecule has 1 aromatic rings. The van der Waals surface area contributed by atoms with Crippen LogP contribution in [0.4, 0.5) is 0 Å². The van der Waals surface area contributed by atoms with Crippen molar-refractivity contribution in [2.45, 2.75) is 19.4 Å². The third kappa shape index (κ3) is 1.74. The fourth-order valence-corrected chi connectivity index (χ4v) is 1.85. The molecule has 5 heteroatoms. The van der Waals surface area contributed by atoms with E-state index in [9.17, 15) is 4.79 Å². The Morgan fingerprint density at radius 2 is 2.40 bits per heavy atom. The number of nitrogens with two attached hydrogens (primary N) is 1. The molecule has 2 heterocycles. The zero-order valence-corrected chi connectivity index (χ0v) is 9.10. The summed E-state index contributed by atoms with van der Waals surface area (Å²) >= 11 is 0. The van der Waals surface area contributed by atoms with E-state index in [-0.39, 0.29) is 11.9 Å². The summed E-state index contributed by atoms with van der Waals surface area (Å²) in [6.45, 7) is 3.32. The first-order chi connectivity index (χ1) is 7.09. The topological polar surface area (TPSA) is 64.2 Å². The number of aryl methyl sites for hydroxylation is 1. The van der Waals surface area contributed by atoms with Crippen molar-refractivity contribution in [2.24, 2.45) is 12.8 Å². The lowest BCUT2D eigenvalue weighted by molar-refractivity contribution is 0.0790. The number of carbonyl (C=O) groups is 1. The lowest BCUT2D eigenvalue weighted by atomic mass is 10.2. The van der Waals surface area contributed by atoms with Gasteiger partial charge in [-0.05, 0) is 13.3 Å². The molecule has 1 aliphatic heterocycles. The molecule has 1 aromatic heterocycles. The number of amides is 1. The van der Waals surface area contributed by atoms with Crippen molar-refractivity contribution in [2.75, 3.05) is 13.1 Å². The van der Waals surface area contributed by atoms with Crippen molar-refractivity contribution >= 4 is 5.91 Å². The minimum atomic E-state index is 0.0496. The second kappa shape index (κ2) is 3.66. The molecule has 2 N–H and O–H groups in total. The number of aromatic nitrogens is 2. The summed E-state index contributed by atoms with van der Waals surface area (Å²) in [5.74, 6) is 0.0496. The van der Waals surface area contributed by atoms with Gasteiger partial charge in [-0.25, -0.2) is 0 Å². The molecular weight excluding hydrogens is 192 g/mol. The quantitative estimate of drug-likeness (QED) is 0.701. The van der Waals surface area contributed by atoms with Gasteiger partial charge in [-0.2, -0.15) is 5.10 Å². The number of hydrogen-bond donors (Lipinski definition) is 1. The standard InChI is InChI=1S/C10H16N4O/c1-7-9(5-12-13(7)2)10(15)14-4-3-8(11)6-14/h5,8H,3-4,6,11H2,1-2H3. The summed E-state index contributed by atoms with van der Waals surface area (Å²) in [5, 5.41) is 4.07. The molecule has 15 heavy (non-hydrogen) atoms. The van der Waals surface area contributed by atoms with Crippen LogP contribution in [-0.4, -0.2) is 39.7 Å². The smallest absolute Gasteiger partial charge is 0.257 e. The van der Waals surface area contributed by atoms with Gasteiger partial charge in [0.2, 0.25) is 0 Å². The molecule has 0 aliphatic carbocycles. The number of likely N-dealkylation sites (tertiary alicyclic amines) is 1. The monoisotopic (exact) mass is 208 g/mol. The minimum Gasteiger partial charge on any atom is -0.337 e. The molecule has 1 aliphatic rings. The van der Waals surface area contributed by atoms with Crippen molar-refractivity contribution in [3.05, 3.63) is 17.5 Å². The first-order valence-electron chi connectivity index (χ1n) is 5.13. The zero-order chi connectivity index (χ0) is 11.0. The van der Waals surface area contributed by atoms with Crippen molar-refractivity contribution in [3.63, 3.8) is 0 Å². The Morgan fingerprint density at radius 1 is 1.67 bits per heavy atom. The van der Waals surface area contributed by atoms with Gasteiger partial charge in [0.1, 0.15) is 0 Å². The van der Waals surface area contributed by atoms with Crippen LogP contribution >= 0.6 is 0 Å². The molecule has 0 saturated carbocycles. The maximum absolute atomic E-state index is 12.0. The maximum atomic E-state index is 12.0. The molecule has 2 rings (SSSR count). The molecular formula is C10H16N4O. The van der Waals surface area contributed by atoms with Gasteiger partial charge in [-0.3, -0.25) is 9.48 Å². The molecule has 5 nitrogen and oxygen atoms in total. The summed E-state index contributed by atoms with van der Waals surface area (Å²) in [4.78, 5) is 13.8. The molecule has 1 saturated heterocycles. The lowest BCUT2D eigenvalue weighted by Gasteiger charge is -2.15. The highest BCUT2D eigenvalue weighted by Gasteiger charge is 2.26. The van der Waals surface area contributed by atoms with E-state index in [1.807, 2.05) is 14.0 Å². The Kier molecular flexibility index (Phi) is 2.48. The average molecular weight is 208 g/mol. The Labute approximate surface area is 88.8 Å². The minimum absolute atomic E-state index is 0.0496. The van der Waals surface area contributed by atoms with E-state index in [1.165, 1.54) is 0 Å². The van der Waals surface area contributed by atoms with Gasteiger partial charge in [0.25, 0.3) is 5.91 Å². The average Bonchev–Trinajstić information content (AvgIpc) is 2.75. The van der Waals surface area contributed by atoms with Crippen molar-refractivity contribution < 1.29 is 4.79 Å². The molecule has 1 atom stereocenters. The van der Waals surface area contributed by atoms with Crippen LogP contribution in [0.1, 0.15) is 22.5 Å². The van der Waals surface area contributed by atoms with Crippen molar-refractivity contribution in [3.8, 4) is 0 Å². The summed E-state index contributed by atoms with van der Waals surface area (Å²) < 4.78 is 1.71. The molecule has 1 fully saturated rings. The zero-order valence-electron chi connectivity index (χ0n) is 9.10. The normalized spacial score (nSPS) is 21.0. The van der Waals surface area contributed by atoms with Crippen LogP contribution in [0.5, 0.6) is 0 Å². The third-order valence-corrected chi connectivity index (χ3v) is 2.98. The van der Waals surface area contributed by atoms with E-state index in [4.69, 9.17) is 5.73 Å². The lowest BCUT2D eigenvalue weighted by Crippen LogP contribution is -2.32. The van der Waals surface area contributed by atoms with E-state index < -0.39 is 0 Å². The highest BCUT2D eigenvalue weighted by molar-refractivity contribution is 5.95.